The molecule has 0 heteroatoms. The van der Waals surface area contributed by atoms with Crippen molar-refractivity contribution in [2.24, 2.45) is 11.3 Å². The molecule has 0 aromatic heterocycles. The van der Waals surface area contributed by atoms with Crippen molar-refractivity contribution in [3.8, 4) is 0 Å². The van der Waals surface area contributed by atoms with Crippen molar-refractivity contribution in [2.45, 2.75) is 33.6 Å². The maximum absolute atomic E-state index is 7.65. The Labute approximate surface area is 47.3 Å². The third-order valence-electron chi connectivity index (χ3n) is 2.21. The van der Waals surface area contributed by atoms with Gasteiger partial charge in [0.05, 0.1) is 0 Å². The van der Waals surface area contributed by atoms with E-state index in [4.69, 9.17) is 1.37 Å². The first-order valence-electron chi connectivity index (χ1n) is 3.46. The Morgan fingerprint density at radius 3 is 2.00 bits per heavy atom. The summed E-state index contributed by atoms with van der Waals surface area (Å²) in [6, 6.07) is 0. The molecule has 42 valence electrons. The smallest absolute Gasteiger partial charge is 0.0303 e. The van der Waals surface area contributed by atoms with Gasteiger partial charge in [0.25, 0.3) is 0 Å². The van der Waals surface area contributed by atoms with Gasteiger partial charge in [-0.1, -0.05) is 20.8 Å². The summed E-state index contributed by atoms with van der Waals surface area (Å²) in [5.41, 5.74) is 0.354. The van der Waals surface area contributed by atoms with E-state index in [9.17, 15) is 0 Å². The molecule has 0 aromatic carbocycles. The van der Waals surface area contributed by atoms with Crippen LogP contribution >= 0.6 is 0 Å². The molecule has 0 radical (unpaired) electrons. The monoisotopic (exact) mass is 99.1 g/mol. The summed E-state index contributed by atoms with van der Waals surface area (Å²) in [5.74, 6) is -0.201. The molecular weight excluding hydrogens is 84.1 g/mol. The maximum Gasteiger partial charge on any atom is 0.0303 e. The minimum Gasteiger partial charge on any atom is -0.0623 e. The Hall–Kier alpha value is 0. The summed E-state index contributed by atoms with van der Waals surface area (Å²) in [4.78, 5) is 0. The van der Waals surface area contributed by atoms with E-state index in [0.29, 0.717) is 5.41 Å². The lowest BCUT2D eigenvalue weighted by Gasteiger charge is -2.10. The SMILES string of the molecule is [2H]C(C)(C)C1(C)CC1. The van der Waals surface area contributed by atoms with E-state index in [1.807, 2.05) is 13.8 Å². The normalized spacial score (nSPS) is 29.3. The van der Waals surface area contributed by atoms with E-state index in [2.05, 4.69) is 6.92 Å². The van der Waals surface area contributed by atoms with Crippen LogP contribution in [0.5, 0.6) is 0 Å². The standard InChI is InChI=1S/C7H14/c1-6(2)7(3)4-5-7/h6H,4-5H2,1-3H3/i6D. The van der Waals surface area contributed by atoms with Crippen LogP contribution < -0.4 is 0 Å². The van der Waals surface area contributed by atoms with E-state index >= 15 is 0 Å². The predicted molar refractivity (Wildman–Crippen MR) is 32.2 cm³/mol. The molecule has 1 fully saturated rings. The van der Waals surface area contributed by atoms with Gasteiger partial charge in [0.1, 0.15) is 0 Å². The molecule has 0 N–H and O–H groups in total. The van der Waals surface area contributed by atoms with E-state index in [1.54, 1.807) is 0 Å². The molecule has 1 rings (SSSR count). The molecule has 1 aliphatic rings. The predicted octanol–water partition coefficient (Wildman–Crippen LogP) is 2.44. The quantitative estimate of drug-likeness (QED) is 0.473. The first-order valence-corrected chi connectivity index (χ1v) is 2.96. The van der Waals surface area contributed by atoms with E-state index < -0.39 is 0 Å². The van der Waals surface area contributed by atoms with Crippen LogP contribution in [0.3, 0.4) is 0 Å². The highest BCUT2D eigenvalue weighted by atomic mass is 14.4. The molecule has 0 nitrogen and oxygen atoms in total. The summed E-state index contributed by atoms with van der Waals surface area (Å²) in [5, 5.41) is 0. The molecule has 0 heterocycles. The molecule has 0 amide bonds. The molecule has 0 spiro atoms. The Morgan fingerprint density at radius 2 is 2.00 bits per heavy atom. The second-order valence-electron chi connectivity index (χ2n) is 3.06. The fourth-order valence-corrected chi connectivity index (χ4v) is 0.687. The molecule has 0 aliphatic heterocycles. The van der Waals surface area contributed by atoms with Crippen LogP contribution in [0.1, 0.15) is 35.0 Å². The van der Waals surface area contributed by atoms with Gasteiger partial charge in [0.15, 0.2) is 0 Å². The van der Waals surface area contributed by atoms with Crippen molar-refractivity contribution in [3.63, 3.8) is 0 Å². The first kappa shape index (κ1) is 3.94. The fourth-order valence-electron chi connectivity index (χ4n) is 0.687. The lowest BCUT2D eigenvalue weighted by Crippen LogP contribution is -2.01. The molecule has 0 unspecified atom stereocenters. The fraction of sp³-hybridized carbons (Fsp3) is 1.00. The van der Waals surface area contributed by atoms with E-state index in [-0.39, 0.29) is 5.89 Å². The Balaban J connectivity index is 2.58. The largest absolute Gasteiger partial charge is 0.0623 e. The van der Waals surface area contributed by atoms with Gasteiger partial charge in [0, 0.05) is 1.37 Å². The number of rotatable bonds is 1. The summed E-state index contributed by atoms with van der Waals surface area (Å²) < 4.78 is 7.65. The molecule has 0 saturated heterocycles. The van der Waals surface area contributed by atoms with Gasteiger partial charge in [-0.25, -0.2) is 0 Å². The van der Waals surface area contributed by atoms with Crippen LogP contribution in [-0.4, -0.2) is 0 Å². The third kappa shape index (κ3) is 0.793. The van der Waals surface area contributed by atoms with Crippen molar-refractivity contribution in [3.05, 3.63) is 0 Å². The van der Waals surface area contributed by atoms with Gasteiger partial charge in [-0.05, 0) is 24.2 Å². The molecule has 0 atom stereocenters. The molecule has 1 aliphatic carbocycles. The zero-order chi connectivity index (χ0) is 6.41. The summed E-state index contributed by atoms with van der Waals surface area (Å²) >= 11 is 0. The van der Waals surface area contributed by atoms with Crippen LogP contribution in [0, 0.1) is 11.3 Å². The number of hydrogen-bond donors (Lipinski definition) is 0. The minimum absolute atomic E-state index is 0.201. The molecule has 7 heavy (non-hydrogen) atoms. The first-order chi connectivity index (χ1) is 3.46. The third-order valence-corrected chi connectivity index (χ3v) is 2.21. The zero-order valence-electron chi connectivity index (χ0n) is 6.41. The average Bonchev–Trinajstić information content (AvgIpc) is 2.16. The highest BCUT2D eigenvalue weighted by Crippen LogP contribution is 2.50. The van der Waals surface area contributed by atoms with Crippen molar-refractivity contribution in [1.82, 2.24) is 0 Å². The molecule has 1 saturated carbocycles. The van der Waals surface area contributed by atoms with E-state index in [0.717, 1.165) is 0 Å². The second-order valence-corrected chi connectivity index (χ2v) is 3.06. The van der Waals surface area contributed by atoms with Gasteiger partial charge in [-0.3, -0.25) is 0 Å². The average molecular weight is 99.2 g/mol. The van der Waals surface area contributed by atoms with Gasteiger partial charge in [0.2, 0.25) is 0 Å². The zero-order valence-corrected chi connectivity index (χ0v) is 5.41. The Morgan fingerprint density at radius 1 is 1.57 bits per heavy atom. The van der Waals surface area contributed by atoms with Crippen LogP contribution in [0.25, 0.3) is 0 Å². The second kappa shape index (κ2) is 1.24. The molecule has 0 bridgehead atoms. The Kier molecular flexibility index (Phi) is 0.697. The lowest BCUT2D eigenvalue weighted by molar-refractivity contribution is 0.397. The van der Waals surface area contributed by atoms with Gasteiger partial charge in [-0.15, -0.1) is 0 Å². The molecule has 0 aromatic rings. The van der Waals surface area contributed by atoms with Crippen LogP contribution in [0.2, 0.25) is 0 Å². The van der Waals surface area contributed by atoms with Crippen molar-refractivity contribution >= 4 is 0 Å². The summed E-state index contributed by atoms with van der Waals surface area (Å²) in [6.45, 7) is 6.19. The van der Waals surface area contributed by atoms with Crippen LogP contribution in [0.15, 0.2) is 0 Å². The highest BCUT2D eigenvalue weighted by molar-refractivity contribution is 4.90. The topological polar surface area (TPSA) is 0 Å². The summed E-state index contributed by atoms with van der Waals surface area (Å²) in [7, 11) is 0. The van der Waals surface area contributed by atoms with E-state index in [1.165, 1.54) is 12.8 Å². The van der Waals surface area contributed by atoms with Gasteiger partial charge < -0.3 is 0 Å². The van der Waals surface area contributed by atoms with Crippen molar-refractivity contribution < 1.29 is 1.37 Å². The lowest BCUT2D eigenvalue weighted by atomic mass is 9.95. The molecular formula is C7H14. The summed E-state index contributed by atoms with van der Waals surface area (Å²) in [6.07, 6.45) is 2.51. The maximum atomic E-state index is 7.65. The van der Waals surface area contributed by atoms with Crippen molar-refractivity contribution in [2.75, 3.05) is 0 Å². The highest BCUT2D eigenvalue weighted by Gasteiger charge is 2.39. The van der Waals surface area contributed by atoms with Crippen LogP contribution in [0.4, 0.5) is 0 Å². The van der Waals surface area contributed by atoms with Gasteiger partial charge in [-0.2, -0.15) is 0 Å². The number of hydrogen-bond acceptors (Lipinski definition) is 0. The van der Waals surface area contributed by atoms with Gasteiger partial charge >= 0.3 is 0 Å². The minimum atomic E-state index is -0.201. The van der Waals surface area contributed by atoms with Crippen LogP contribution in [-0.2, 0) is 0 Å². The van der Waals surface area contributed by atoms with Crippen molar-refractivity contribution in [1.29, 1.82) is 0 Å². The Bertz CT molecular complexity index is 92.2.